The molecule has 8 heteroatoms. The van der Waals surface area contributed by atoms with Crippen LogP contribution in [0, 0.1) is 5.92 Å². The van der Waals surface area contributed by atoms with E-state index in [0.29, 0.717) is 23.3 Å². The second-order valence-electron chi connectivity index (χ2n) is 9.32. The fourth-order valence-electron chi connectivity index (χ4n) is 3.99. The Morgan fingerprint density at radius 2 is 1.79 bits per heavy atom. The van der Waals surface area contributed by atoms with Crippen molar-refractivity contribution in [2.45, 2.75) is 67.9 Å². The number of rotatable bonds is 10. The van der Waals surface area contributed by atoms with Crippen LogP contribution >= 0.6 is 0 Å². The summed E-state index contributed by atoms with van der Waals surface area (Å²) in [5.41, 5.74) is 1.29. The maximum Gasteiger partial charge on any atom is 0.335 e. The molecule has 2 saturated carbocycles. The van der Waals surface area contributed by atoms with Crippen molar-refractivity contribution in [1.29, 1.82) is 0 Å². The van der Waals surface area contributed by atoms with Crippen LogP contribution < -0.4 is 5.32 Å². The van der Waals surface area contributed by atoms with Crippen molar-refractivity contribution < 1.29 is 27.9 Å². The fourth-order valence-corrected chi connectivity index (χ4v) is 5.72. The SMILES string of the molecule is CC(C)C(OCc1cccc(S(=O)(=O)C2CC2)c1)C(=O)NC1(c2ccc(C(=O)O)cc2)CC1. The average molecular weight is 472 g/mol. The van der Waals surface area contributed by atoms with Crippen molar-refractivity contribution in [3.05, 3.63) is 65.2 Å². The van der Waals surface area contributed by atoms with Gasteiger partial charge < -0.3 is 15.2 Å². The molecule has 0 aromatic heterocycles. The zero-order chi connectivity index (χ0) is 23.8. The predicted molar refractivity (Wildman–Crippen MR) is 123 cm³/mol. The Morgan fingerprint density at radius 3 is 2.33 bits per heavy atom. The average Bonchev–Trinajstić information content (AvgIpc) is 3.68. The Kier molecular flexibility index (Phi) is 6.33. The largest absolute Gasteiger partial charge is 0.478 e. The number of sulfone groups is 1. The standard InChI is InChI=1S/C25H29NO6S/c1-16(2)22(32-15-17-4-3-5-21(14-17)33(30,31)20-10-11-20)23(27)26-25(12-13-25)19-8-6-18(7-9-19)24(28)29/h3-9,14,16,20,22H,10-13,15H2,1-2H3,(H,26,27)(H,28,29). The van der Waals surface area contributed by atoms with Crippen LogP contribution in [-0.4, -0.2) is 36.8 Å². The number of carboxylic acid groups (broad SMARTS) is 1. The van der Waals surface area contributed by atoms with E-state index < -0.39 is 27.4 Å². The summed E-state index contributed by atoms with van der Waals surface area (Å²) in [6, 6.07) is 13.3. The summed E-state index contributed by atoms with van der Waals surface area (Å²) in [7, 11) is -3.29. The summed E-state index contributed by atoms with van der Waals surface area (Å²) in [6.45, 7) is 3.93. The molecule has 2 N–H and O–H groups in total. The highest BCUT2D eigenvalue weighted by atomic mass is 32.2. The summed E-state index contributed by atoms with van der Waals surface area (Å²) in [5.74, 6) is -1.31. The van der Waals surface area contributed by atoms with E-state index in [1.54, 1.807) is 48.5 Å². The Morgan fingerprint density at radius 1 is 1.12 bits per heavy atom. The second kappa shape index (κ2) is 8.91. The van der Waals surface area contributed by atoms with Gasteiger partial charge in [0.05, 0.1) is 27.9 Å². The third-order valence-corrected chi connectivity index (χ3v) is 8.54. The number of nitrogens with one attached hydrogen (secondary N) is 1. The lowest BCUT2D eigenvalue weighted by Crippen LogP contribution is -2.44. The normalized spacial score (nSPS) is 18.0. The molecule has 0 aliphatic heterocycles. The summed E-state index contributed by atoms with van der Waals surface area (Å²) < 4.78 is 31.0. The number of ether oxygens (including phenoxy) is 1. The van der Waals surface area contributed by atoms with Crippen molar-refractivity contribution in [3.8, 4) is 0 Å². The molecule has 4 rings (SSSR count). The lowest BCUT2D eigenvalue weighted by atomic mass is 10.0. The highest BCUT2D eigenvalue weighted by molar-refractivity contribution is 7.92. The van der Waals surface area contributed by atoms with Crippen molar-refractivity contribution in [2.75, 3.05) is 0 Å². The van der Waals surface area contributed by atoms with Crippen molar-refractivity contribution in [2.24, 2.45) is 5.92 Å². The van der Waals surface area contributed by atoms with E-state index in [9.17, 15) is 18.0 Å². The zero-order valence-electron chi connectivity index (χ0n) is 18.8. The number of hydrogen-bond donors (Lipinski definition) is 2. The molecule has 0 saturated heterocycles. The molecule has 2 fully saturated rings. The quantitative estimate of drug-likeness (QED) is 0.547. The molecule has 0 radical (unpaired) electrons. The number of hydrogen-bond acceptors (Lipinski definition) is 5. The first-order valence-corrected chi connectivity index (χ1v) is 12.8. The van der Waals surface area contributed by atoms with Gasteiger partial charge in [0.15, 0.2) is 9.84 Å². The van der Waals surface area contributed by atoms with Gasteiger partial charge in [-0.2, -0.15) is 0 Å². The molecule has 2 aliphatic carbocycles. The van der Waals surface area contributed by atoms with Gasteiger partial charge in [-0.15, -0.1) is 0 Å². The Labute approximate surface area is 194 Å². The first kappa shape index (κ1) is 23.4. The van der Waals surface area contributed by atoms with Gasteiger partial charge in [0.2, 0.25) is 5.91 Å². The zero-order valence-corrected chi connectivity index (χ0v) is 19.6. The molecule has 7 nitrogen and oxygen atoms in total. The van der Waals surface area contributed by atoms with Crippen LogP contribution in [0.5, 0.6) is 0 Å². The number of benzene rings is 2. The van der Waals surface area contributed by atoms with E-state index in [1.165, 1.54) is 0 Å². The highest BCUT2D eigenvalue weighted by Crippen LogP contribution is 2.45. The minimum Gasteiger partial charge on any atom is -0.478 e. The van der Waals surface area contributed by atoms with Gasteiger partial charge in [-0.1, -0.05) is 38.1 Å². The van der Waals surface area contributed by atoms with Crippen LogP contribution in [0.3, 0.4) is 0 Å². The lowest BCUT2D eigenvalue weighted by Gasteiger charge is -2.25. The van der Waals surface area contributed by atoms with Crippen LogP contribution in [0.15, 0.2) is 53.4 Å². The molecule has 1 amide bonds. The lowest BCUT2D eigenvalue weighted by molar-refractivity contribution is -0.137. The second-order valence-corrected chi connectivity index (χ2v) is 11.5. The van der Waals surface area contributed by atoms with Crippen molar-refractivity contribution >= 4 is 21.7 Å². The van der Waals surface area contributed by atoms with Gasteiger partial charge in [-0.05, 0) is 67.0 Å². The molecule has 0 bridgehead atoms. The fraction of sp³-hybridized carbons (Fsp3) is 0.440. The number of carbonyl (C=O) groups is 2. The molecule has 0 spiro atoms. The molecule has 176 valence electrons. The minimum absolute atomic E-state index is 0.0893. The van der Waals surface area contributed by atoms with Crippen LogP contribution in [0.2, 0.25) is 0 Å². The van der Waals surface area contributed by atoms with Crippen LogP contribution in [-0.2, 0) is 31.5 Å². The summed E-state index contributed by atoms with van der Waals surface area (Å²) >= 11 is 0. The smallest absolute Gasteiger partial charge is 0.335 e. The Balaban J connectivity index is 1.42. The van der Waals surface area contributed by atoms with Gasteiger partial charge in [0, 0.05) is 0 Å². The van der Waals surface area contributed by atoms with E-state index in [2.05, 4.69) is 5.32 Å². The molecule has 2 aromatic rings. The molecule has 2 aliphatic rings. The van der Waals surface area contributed by atoms with E-state index in [4.69, 9.17) is 9.84 Å². The Hall–Kier alpha value is -2.71. The maximum atomic E-state index is 13.1. The Bertz CT molecular complexity index is 1150. The van der Waals surface area contributed by atoms with Gasteiger partial charge >= 0.3 is 5.97 Å². The highest BCUT2D eigenvalue weighted by Gasteiger charge is 2.47. The molecule has 0 heterocycles. The van der Waals surface area contributed by atoms with Crippen LogP contribution in [0.4, 0.5) is 0 Å². The first-order valence-electron chi connectivity index (χ1n) is 11.2. The summed E-state index contributed by atoms with van der Waals surface area (Å²) in [5, 5.41) is 11.9. The molecule has 33 heavy (non-hydrogen) atoms. The maximum absolute atomic E-state index is 13.1. The van der Waals surface area contributed by atoms with Crippen molar-refractivity contribution in [3.63, 3.8) is 0 Å². The predicted octanol–water partition coefficient (Wildman–Crippen LogP) is 3.67. The van der Waals surface area contributed by atoms with E-state index in [-0.39, 0.29) is 29.2 Å². The number of carboxylic acids is 1. The van der Waals surface area contributed by atoms with Gasteiger partial charge in [-0.3, -0.25) is 4.79 Å². The molecular formula is C25H29NO6S. The monoisotopic (exact) mass is 471 g/mol. The third-order valence-electron chi connectivity index (χ3n) is 6.28. The van der Waals surface area contributed by atoms with Gasteiger partial charge in [0.1, 0.15) is 6.10 Å². The molecule has 1 atom stereocenters. The molecule has 2 aromatic carbocycles. The van der Waals surface area contributed by atoms with E-state index >= 15 is 0 Å². The first-order chi connectivity index (χ1) is 15.6. The molecular weight excluding hydrogens is 442 g/mol. The van der Waals surface area contributed by atoms with Crippen LogP contribution in [0.25, 0.3) is 0 Å². The van der Waals surface area contributed by atoms with Crippen LogP contribution in [0.1, 0.15) is 61.0 Å². The summed E-state index contributed by atoms with van der Waals surface area (Å²) in [6.07, 6.45) is 2.26. The molecule has 1 unspecified atom stereocenters. The van der Waals surface area contributed by atoms with Gasteiger partial charge in [0.25, 0.3) is 0 Å². The van der Waals surface area contributed by atoms with Crippen molar-refractivity contribution in [1.82, 2.24) is 5.32 Å². The van der Waals surface area contributed by atoms with E-state index in [1.807, 2.05) is 13.8 Å². The van der Waals surface area contributed by atoms with Gasteiger partial charge in [-0.25, -0.2) is 13.2 Å². The minimum atomic E-state index is -3.29. The number of aromatic carboxylic acids is 1. The number of amides is 1. The topological polar surface area (TPSA) is 110 Å². The number of carbonyl (C=O) groups excluding carboxylic acids is 1. The van der Waals surface area contributed by atoms with E-state index in [0.717, 1.165) is 18.4 Å². The summed E-state index contributed by atoms with van der Waals surface area (Å²) in [4.78, 5) is 24.5. The third kappa shape index (κ3) is 5.12.